The number of aromatic nitrogens is 3. The molecule has 0 aliphatic carbocycles. The molecule has 0 aromatic carbocycles. The third-order valence-corrected chi connectivity index (χ3v) is 4.08. The van der Waals surface area contributed by atoms with Crippen molar-refractivity contribution < 1.29 is 0 Å². The molecule has 2 heterocycles. The maximum absolute atomic E-state index is 12.2. The second kappa shape index (κ2) is 6.13. The highest BCUT2D eigenvalue weighted by Crippen LogP contribution is 2.14. The molecule has 0 radical (unpaired) electrons. The predicted octanol–water partition coefficient (Wildman–Crippen LogP) is 0.916. The van der Waals surface area contributed by atoms with E-state index < -0.39 is 11.2 Å². The predicted molar refractivity (Wildman–Crippen MR) is 84.8 cm³/mol. The molecule has 2 aromatic rings. The van der Waals surface area contributed by atoms with E-state index in [4.69, 9.17) is 5.73 Å². The first-order valence-electron chi connectivity index (χ1n) is 6.69. The summed E-state index contributed by atoms with van der Waals surface area (Å²) in [5.74, 6) is 0.179. The van der Waals surface area contributed by atoms with Gasteiger partial charge >= 0.3 is 5.69 Å². The summed E-state index contributed by atoms with van der Waals surface area (Å²) >= 11 is 1.51. The molecule has 7 nitrogen and oxygen atoms in total. The van der Waals surface area contributed by atoms with Crippen molar-refractivity contribution in [3.8, 4) is 0 Å². The molecule has 2 aromatic heterocycles. The first kappa shape index (κ1) is 15.3. The van der Waals surface area contributed by atoms with Gasteiger partial charge in [0.1, 0.15) is 16.5 Å². The summed E-state index contributed by atoms with van der Waals surface area (Å²) in [5, 5.41) is 5.81. The standard InChI is InChI=1S/C13H19N5O2S/c1-4-5-18-11(14)10(12(19)17(3)13(18)20)15-6-9-16-8(2)7-21-9/h7,15H,4-6,14H2,1-3H3. The van der Waals surface area contributed by atoms with E-state index in [0.29, 0.717) is 13.1 Å². The quantitative estimate of drug-likeness (QED) is 0.856. The highest BCUT2D eigenvalue weighted by Gasteiger charge is 2.14. The average molecular weight is 309 g/mol. The highest BCUT2D eigenvalue weighted by molar-refractivity contribution is 7.09. The number of nitrogens with one attached hydrogen (secondary N) is 1. The second-order valence-corrected chi connectivity index (χ2v) is 5.74. The van der Waals surface area contributed by atoms with Gasteiger partial charge in [-0.2, -0.15) is 0 Å². The van der Waals surface area contributed by atoms with E-state index in [1.54, 1.807) is 0 Å². The molecule has 21 heavy (non-hydrogen) atoms. The second-order valence-electron chi connectivity index (χ2n) is 4.79. The van der Waals surface area contributed by atoms with Gasteiger partial charge in [0.15, 0.2) is 0 Å². The highest BCUT2D eigenvalue weighted by atomic mass is 32.1. The summed E-state index contributed by atoms with van der Waals surface area (Å²) in [4.78, 5) is 28.5. The Morgan fingerprint density at radius 3 is 2.71 bits per heavy atom. The molecule has 0 aliphatic heterocycles. The Morgan fingerprint density at radius 1 is 1.43 bits per heavy atom. The maximum atomic E-state index is 12.2. The van der Waals surface area contributed by atoms with Gasteiger partial charge < -0.3 is 11.1 Å². The Morgan fingerprint density at radius 2 is 2.14 bits per heavy atom. The lowest BCUT2D eigenvalue weighted by molar-refractivity contribution is 0.600. The van der Waals surface area contributed by atoms with E-state index >= 15 is 0 Å². The van der Waals surface area contributed by atoms with Crippen molar-refractivity contribution in [2.75, 3.05) is 11.1 Å². The largest absolute Gasteiger partial charge is 0.383 e. The minimum Gasteiger partial charge on any atom is -0.383 e. The molecule has 0 aliphatic rings. The van der Waals surface area contributed by atoms with Crippen LogP contribution in [0.1, 0.15) is 24.0 Å². The molecule has 0 fully saturated rings. The Bertz CT molecular complexity index is 759. The normalized spacial score (nSPS) is 10.8. The van der Waals surface area contributed by atoms with Crippen molar-refractivity contribution in [1.82, 2.24) is 14.1 Å². The Kier molecular flexibility index (Phi) is 4.46. The van der Waals surface area contributed by atoms with Gasteiger partial charge in [0, 0.05) is 24.7 Å². The zero-order valence-electron chi connectivity index (χ0n) is 12.3. The molecule has 8 heteroatoms. The molecular weight excluding hydrogens is 290 g/mol. The molecule has 0 saturated carbocycles. The fourth-order valence-electron chi connectivity index (χ4n) is 2.04. The molecule has 0 amide bonds. The van der Waals surface area contributed by atoms with Crippen LogP contribution in [0, 0.1) is 6.92 Å². The number of hydrogen-bond acceptors (Lipinski definition) is 6. The van der Waals surface area contributed by atoms with Gasteiger partial charge in [-0.1, -0.05) is 6.92 Å². The van der Waals surface area contributed by atoms with Gasteiger partial charge in [0.05, 0.1) is 6.54 Å². The van der Waals surface area contributed by atoms with Gasteiger partial charge in [-0.3, -0.25) is 13.9 Å². The summed E-state index contributed by atoms with van der Waals surface area (Å²) < 4.78 is 2.48. The van der Waals surface area contributed by atoms with Crippen LogP contribution in [0.5, 0.6) is 0 Å². The van der Waals surface area contributed by atoms with E-state index in [2.05, 4.69) is 10.3 Å². The van der Waals surface area contributed by atoms with Crippen LogP contribution in [0.4, 0.5) is 11.5 Å². The molecule has 114 valence electrons. The van der Waals surface area contributed by atoms with E-state index in [-0.39, 0.29) is 11.5 Å². The fourth-order valence-corrected chi connectivity index (χ4v) is 2.75. The molecule has 0 spiro atoms. The molecule has 0 bridgehead atoms. The van der Waals surface area contributed by atoms with Gasteiger partial charge in [0.25, 0.3) is 5.56 Å². The van der Waals surface area contributed by atoms with Crippen molar-refractivity contribution in [3.05, 3.63) is 36.9 Å². The number of nitrogens with zero attached hydrogens (tertiary/aromatic N) is 3. The van der Waals surface area contributed by atoms with Crippen LogP contribution in [0.15, 0.2) is 15.0 Å². The maximum Gasteiger partial charge on any atom is 0.332 e. The number of aryl methyl sites for hydroxylation is 1. The summed E-state index contributed by atoms with van der Waals surface area (Å²) in [6, 6.07) is 0. The smallest absolute Gasteiger partial charge is 0.332 e. The van der Waals surface area contributed by atoms with E-state index in [1.807, 2.05) is 19.2 Å². The number of hydrogen-bond donors (Lipinski definition) is 2. The summed E-state index contributed by atoms with van der Waals surface area (Å²) in [5.41, 5.74) is 6.35. The molecular formula is C13H19N5O2S. The van der Waals surface area contributed by atoms with E-state index in [0.717, 1.165) is 21.7 Å². The van der Waals surface area contributed by atoms with Crippen molar-refractivity contribution in [1.29, 1.82) is 0 Å². The van der Waals surface area contributed by atoms with Crippen molar-refractivity contribution >= 4 is 22.8 Å². The van der Waals surface area contributed by atoms with Crippen LogP contribution in [0.25, 0.3) is 0 Å². The average Bonchev–Trinajstić information content (AvgIpc) is 2.87. The third-order valence-electron chi connectivity index (χ3n) is 3.11. The van der Waals surface area contributed by atoms with Crippen LogP contribution < -0.4 is 22.3 Å². The molecule has 0 saturated heterocycles. The van der Waals surface area contributed by atoms with Crippen LogP contribution in [-0.2, 0) is 20.1 Å². The molecule has 0 atom stereocenters. The number of nitrogen functional groups attached to an aromatic ring is 1. The van der Waals surface area contributed by atoms with E-state index in [9.17, 15) is 9.59 Å². The molecule has 2 rings (SSSR count). The third kappa shape index (κ3) is 2.99. The van der Waals surface area contributed by atoms with Crippen LogP contribution >= 0.6 is 11.3 Å². The van der Waals surface area contributed by atoms with Crippen molar-refractivity contribution in [3.63, 3.8) is 0 Å². The lowest BCUT2D eigenvalue weighted by Crippen LogP contribution is -2.40. The number of rotatable bonds is 5. The Balaban J connectivity index is 2.38. The first-order valence-corrected chi connectivity index (χ1v) is 7.57. The summed E-state index contributed by atoms with van der Waals surface area (Å²) in [7, 11) is 1.45. The van der Waals surface area contributed by atoms with Crippen LogP contribution in [-0.4, -0.2) is 14.1 Å². The van der Waals surface area contributed by atoms with Gasteiger partial charge in [-0.25, -0.2) is 9.78 Å². The van der Waals surface area contributed by atoms with Crippen LogP contribution in [0.3, 0.4) is 0 Å². The van der Waals surface area contributed by atoms with Crippen molar-refractivity contribution in [2.24, 2.45) is 7.05 Å². The SMILES string of the molecule is CCCn1c(N)c(NCc2nc(C)cs2)c(=O)n(C)c1=O. The Labute approximate surface area is 126 Å². The van der Waals surface area contributed by atoms with E-state index in [1.165, 1.54) is 23.0 Å². The zero-order valence-corrected chi connectivity index (χ0v) is 13.2. The number of nitrogens with two attached hydrogens (primary N) is 1. The van der Waals surface area contributed by atoms with Crippen LogP contribution in [0.2, 0.25) is 0 Å². The summed E-state index contributed by atoms with van der Waals surface area (Å²) in [6.07, 6.45) is 0.757. The minimum atomic E-state index is -0.418. The molecule has 0 unspecified atom stereocenters. The number of thiazole rings is 1. The Hall–Kier alpha value is -2.09. The number of anilines is 2. The van der Waals surface area contributed by atoms with Crippen molar-refractivity contribution in [2.45, 2.75) is 33.4 Å². The topological polar surface area (TPSA) is 94.9 Å². The monoisotopic (exact) mass is 309 g/mol. The fraction of sp³-hybridized carbons (Fsp3) is 0.462. The first-order chi connectivity index (χ1) is 9.95. The summed E-state index contributed by atoms with van der Waals surface area (Å²) in [6.45, 7) is 4.74. The lowest BCUT2D eigenvalue weighted by Gasteiger charge is -2.15. The lowest BCUT2D eigenvalue weighted by atomic mass is 10.4. The van der Waals surface area contributed by atoms with Gasteiger partial charge in [0.2, 0.25) is 0 Å². The van der Waals surface area contributed by atoms with Gasteiger partial charge in [-0.05, 0) is 13.3 Å². The molecule has 3 N–H and O–H groups in total. The zero-order chi connectivity index (χ0) is 15.6. The van der Waals surface area contributed by atoms with Gasteiger partial charge in [-0.15, -0.1) is 11.3 Å². The minimum absolute atomic E-state index is 0.179.